The van der Waals surface area contributed by atoms with Crippen molar-refractivity contribution in [2.24, 2.45) is 0 Å². The fourth-order valence-corrected chi connectivity index (χ4v) is 7.11. The van der Waals surface area contributed by atoms with Gasteiger partial charge in [0.1, 0.15) is 11.3 Å². The average Bonchev–Trinajstić information content (AvgIpc) is 3.41. The number of rotatable bonds is 10. The van der Waals surface area contributed by atoms with Gasteiger partial charge >= 0.3 is 6.09 Å². The number of nitrogens with zero attached hydrogens (tertiary/aromatic N) is 5. The summed E-state index contributed by atoms with van der Waals surface area (Å²) in [6, 6.07) is 9.85. The Kier molecular flexibility index (Phi) is 9.84. The van der Waals surface area contributed by atoms with Crippen LogP contribution >= 0.6 is 11.3 Å². The second kappa shape index (κ2) is 13.1. The van der Waals surface area contributed by atoms with Gasteiger partial charge in [0.05, 0.1) is 23.3 Å². The number of carbonyl (C=O) groups excluding carboxylic acids is 2. The summed E-state index contributed by atoms with van der Waals surface area (Å²) in [6.07, 6.45) is 0.291. The van der Waals surface area contributed by atoms with Crippen LogP contribution in [-0.2, 0) is 14.8 Å². The van der Waals surface area contributed by atoms with Crippen molar-refractivity contribution in [2.75, 3.05) is 72.0 Å². The highest BCUT2D eigenvalue weighted by Gasteiger charge is 2.31. The van der Waals surface area contributed by atoms with Gasteiger partial charge in [-0.25, -0.2) is 18.2 Å². The van der Waals surface area contributed by atoms with E-state index in [1.807, 2.05) is 33.2 Å². The van der Waals surface area contributed by atoms with Crippen molar-refractivity contribution in [3.05, 3.63) is 47.5 Å². The van der Waals surface area contributed by atoms with Crippen LogP contribution in [0.3, 0.4) is 0 Å². The standard InChI is InChI=1S/C28H37N5O6S2/c1-6-39-28(35)31-16-18-32(19-17-31)41(36,37)22-11-9-21(10-12-22)26(34)33(15-7-14-30(3)4)27-29-24-23(38-5)13-8-20(2)25(24)40-27/h8-13H,6-7,14-19H2,1-5H3. The summed E-state index contributed by atoms with van der Waals surface area (Å²) in [4.78, 5) is 35.9. The fraction of sp³-hybridized carbons (Fsp3) is 0.464. The van der Waals surface area contributed by atoms with Crippen LogP contribution in [0.1, 0.15) is 29.3 Å². The Balaban J connectivity index is 1.56. The van der Waals surface area contributed by atoms with Gasteiger partial charge < -0.3 is 19.3 Å². The summed E-state index contributed by atoms with van der Waals surface area (Å²) in [7, 11) is 1.76. The maximum absolute atomic E-state index is 13.8. The van der Waals surface area contributed by atoms with Gasteiger partial charge in [0.15, 0.2) is 5.13 Å². The molecule has 1 aromatic heterocycles. The third kappa shape index (κ3) is 6.80. The minimum absolute atomic E-state index is 0.0955. The number of aromatic nitrogens is 1. The molecule has 1 saturated heterocycles. The van der Waals surface area contributed by atoms with Gasteiger partial charge in [0.2, 0.25) is 10.0 Å². The molecule has 4 rings (SSSR count). The molecule has 2 aromatic carbocycles. The van der Waals surface area contributed by atoms with Gasteiger partial charge in [-0.2, -0.15) is 4.31 Å². The van der Waals surface area contributed by atoms with Crippen LogP contribution in [0.4, 0.5) is 9.93 Å². The van der Waals surface area contributed by atoms with Crippen LogP contribution in [0.5, 0.6) is 5.75 Å². The molecule has 2 amide bonds. The lowest BCUT2D eigenvalue weighted by molar-refractivity contribution is 0.0933. The molecule has 0 unspecified atom stereocenters. The van der Waals surface area contributed by atoms with Crippen LogP contribution in [0, 0.1) is 6.92 Å². The second-order valence-electron chi connectivity index (χ2n) is 9.99. The van der Waals surface area contributed by atoms with Crippen LogP contribution in [0.2, 0.25) is 0 Å². The van der Waals surface area contributed by atoms with Gasteiger partial charge in [-0.05, 0) is 76.8 Å². The largest absolute Gasteiger partial charge is 0.494 e. The van der Waals surface area contributed by atoms with E-state index in [9.17, 15) is 18.0 Å². The molecule has 1 fully saturated rings. The van der Waals surface area contributed by atoms with E-state index in [0.29, 0.717) is 28.5 Å². The number of hydrogen-bond acceptors (Lipinski definition) is 9. The number of carbonyl (C=O) groups is 2. The molecular formula is C28H37N5O6S2. The van der Waals surface area contributed by atoms with Crippen molar-refractivity contribution in [3.63, 3.8) is 0 Å². The number of benzene rings is 2. The Morgan fingerprint density at radius 2 is 1.71 bits per heavy atom. The van der Waals surface area contributed by atoms with E-state index in [0.717, 1.165) is 23.2 Å². The van der Waals surface area contributed by atoms with Crippen molar-refractivity contribution >= 4 is 48.7 Å². The molecule has 0 N–H and O–H groups in total. The zero-order valence-electron chi connectivity index (χ0n) is 24.1. The number of anilines is 1. The Morgan fingerprint density at radius 1 is 1.02 bits per heavy atom. The first-order valence-electron chi connectivity index (χ1n) is 13.5. The molecule has 0 saturated carbocycles. The minimum Gasteiger partial charge on any atom is -0.494 e. The monoisotopic (exact) mass is 603 g/mol. The SMILES string of the molecule is CCOC(=O)N1CCN(S(=O)(=O)c2ccc(C(=O)N(CCCN(C)C)c3nc4c(OC)ccc(C)c4s3)cc2)CC1. The van der Waals surface area contributed by atoms with E-state index >= 15 is 0 Å². The summed E-state index contributed by atoms with van der Waals surface area (Å²) in [5.41, 5.74) is 2.12. The van der Waals surface area contributed by atoms with Gasteiger partial charge in [0.25, 0.3) is 5.91 Å². The minimum atomic E-state index is -3.79. The Hall–Kier alpha value is -3.26. The summed E-state index contributed by atoms with van der Waals surface area (Å²) < 4.78 is 39.4. The van der Waals surface area contributed by atoms with Crippen LogP contribution < -0.4 is 9.64 Å². The molecule has 0 aliphatic carbocycles. The first-order chi connectivity index (χ1) is 19.6. The Labute approximate surface area is 245 Å². The van der Waals surface area contributed by atoms with Crippen molar-refractivity contribution in [1.82, 2.24) is 19.1 Å². The van der Waals surface area contributed by atoms with Gasteiger partial charge in [-0.1, -0.05) is 17.4 Å². The summed E-state index contributed by atoms with van der Waals surface area (Å²) >= 11 is 1.44. The van der Waals surface area contributed by atoms with E-state index in [2.05, 4.69) is 4.90 Å². The molecule has 1 aliphatic rings. The number of ether oxygens (including phenoxy) is 2. The third-order valence-corrected chi connectivity index (χ3v) is 10.0. The normalized spacial score (nSPS) is 14.4. The van der Waals surface area contributed by atoms with Crippen molar-refractivity contribution in [2.45, 2.75) is 25.2 Å². The lowest BCUT2D eigenvalue weighted by Crippen LogP contribution is -2.50. The summed E-state index contributed by atoms with van der Waals surface area (Å²) in [5.74, 6) is 0.387. The smallest absolute Gasteiger partial charge is 0.409 e. The van der Waals surface area contributed by atoms with E-state index in [1.54, 1.807) is 31.1 Å². The molecule has 13 heteroatoms. The maximum Gasteiger partial charge on any atom is 0.409 e. The highest BCUT2D eigenvalue weighted by atomic mass is 32.2. The number of sulfonamides is 1. The van der Waals surface area contributed by atoms with Gasteiger partial charge in [-0.3, -0.25) is 9.69 Å². The quantitative estimate of drug-likeness (QED) is 0.345. The molecule has 0 spiro atoms. The maximum atomic E-state index is 13.8. The highest BCUT2D eigenvalue weighted by molar-refractivity contribution is 7.89. The molecule has 0 bridgehead atoms. The van der Waals surface area contributed by atoms with E-state index < -0.39 is 16.1 Å². The molecule has 3 aromatic rings. The summed E-state index contributed by atoms with van der Waals surface area (Å²) in [5, 5.41) is 0.563. The average molecular weight is 604 g/mol. The highest BCUT2D eigenvalue weighted by Crippen LogP contribution is 2.37. The number of methoxy groups -OCH3 is 1. The van der Waals surface area contributed by atoms with Crippen LogP contribution in [-0.4, -0.2) is 107 Å². The molecule has 222 valence electrons. The zero-order valence-corrected chi connectivity index (χ0v) is 25.8. The van der Waals surface area contributed by atoms with Crippen molar-refractivity contribution in [1.29, 1.82) is 0 Å². The second-order valence-corrected chi connectivity index (χ2v) is 12.9. The molecule has 0 atom stereocenters. The van der Waals surface area contributed by atoms with Crippen LogP contribution in [0.25, 0.3) is 10.2 Å². The lowest BCUT2D eigenvalue weighted by atomic mass is 10.2. The predicted octanol–water partition coefficient (Wildman–Crippen LogP) is 3.67. The van der Waals surface area contributed by atoms with Crippen molar-refractivity contribution in [3.8, 4) is 5.75 Å². The first kappa shape index (κ1) is 30.7. The molecule has 2 heterocycles. The molecule has 41 heavy (non-hydrogen) atoms. The molecule has 11 nitrogen and oxygen atoms in total. The number of aryl methyl sites for hydroxylation is 1. The first-order valence-corrected chi connectivity index (χ1v) is 15.7. The molecule has 0 radical (unpaired) electrons. The fourth-order valence-electron chi connectivity index (χ4n) is 4.61. The zero-order chi connectivity index (χ0) is 29.7. The van der Waals surface area contributed by atoms with E-state index in [4.69, 9.17) is 14.5 Å². The lowest BCUT2D eigenvalue weighted by Gasteiger charge is -2.33. The third-order valence-electron chi connectivity index (χ3n) is 6.88. The van der Waals surface area contributed by atoms with Crippen molar-refractivity contribution < 1.29 is 27.5 Å². The predicted molar refractivity (Wildman–Crippen MR) is 160 cm³/mol. The molecule has 1 aliphatic heterocycles. The Morgan fingerprint density at radius 3 is 2.32 bits per heavy atom. The van der Waals surface area contributed by atoms with Gasteiger partial charge in [0, 0.05) is 38.3 Å². The Bertz CT molecular complexity index is 1480. The van der Waals surface area contributed by atoms with Crippen LogP contribution in [0.15, 0.2) is 41.3 Å². The number of amides is 2. The molecular weight excluding hydrogens is 566 g/mol. The summed E-state index contributed by atoms with van der Waals surface area (Å²) in [6.45, 7) is 6.07. The van der Waals surface area contributed by atoms with Gasteiger partial charge in [-0.15, -0.1) is 0 Å². The van der Waals surface area contributed by atoms with E-state index in [-0.39, 0.29) is 43.6 Å². The number of hydrogen-bond donors (Lipinski definition) is 0. The number of fused-ring (bicyclic) bond motifs is 1. The van der Waals surface area contributed by atoms with E-state index in [1.165, 1.54) is 32.7 Å². The topological polar surface area (TPSA) is 113 Å². The number of thiazole rings is 1. The number of piperazine rings is 1.